The van der Waals surface area contributed by atoms with Gasteiger partial charge in [0.25, 0.3) is 0 Å². The third kappa shape index (κ3) is 5.22. The number of carbonyl (C=O) groups excluding carboxylic acids is 2. The SMILES string of the molecule is CC(C)N1CCCCC1C(=O)NCCC(=O)N1CCN(c2ccccn2)CC1. The summed E-state index contributed by atoms with van der Waals surface area (Å²) in [6.07, 6.45) is 5.32. The van der Waals surface area contributed by atoms with Crippen molar-refractivity contribution in [2.75, 3.05) is 44.2 Å². The molecule has 1 unspecified atom stereocenters. The van der Waals surface area contributed by atoms with Gasteiger partial charge in [-0.05, 0) is 45.4 Å². The van der Waals surface area contributed by atoms with Gasteiger partial charge in [0.15, 0.2) is 0 Å². The van der Waals surface area contributed by atoms with E-state index in [0.29, 0.717) is 32.1 Å². The first-order valence-corrected chi connectivity index (χ1v) is 10.5. The van der Waals surface area contributed by atoms with Gasteiger partial charge in [-0.15, -0.1) is 0 Å². The van der Waals surface area contributed by atoms with E-state index in [1.54, 1.807) is 6.20 Å². The van der Waals surface area contributed by atoms with E-state index >= 15 is 0 Å². The summed E-state index contributed by atoms with van der Waals surface area (Å²) in [5, 5.41) is 2.99. The number of piperidine rings is 1. The lowest BCUT2D eigenvalue weighted by molar-refractivity contribution is -0.132. The number of amides is 2. The second kappa shape index (κ2) is 9.87. The zero-order valence-corrected chi connectivity index (χ0v) is 17.1. The quantitative estimate of drug-likeness (QED) is 0.801. The number of likely N-dealkylation sites (tertiary alicyclic amines) is 1. The number of nitrogens with one attached hydrogen (secondary N) is 1. The van der Waals surface area contributed by atoms with Gasteiger partial charge in [0.1, 0.15) is 5.82 Å². The molecule has 0 aliphatic carbocycles. The number of aromatic nitrogens is 1. The van der Waals surface area contributed by atoms with E-state index in [4.69, 9.17) is 0 Å². The second-order valence-corrected chi connectivity index (χ2v) is 7.94. The van der Waals surface area contributed by atoms with E-state index in [1.807, 2.05) is 23.1 Å². The molecule has 1 aromatic rings. The Bertz CT molecular complexity index is 643. The van der Waals surface area contributed by atoms with E-state index < -0.39 is 0 Å². The van der Waals surface area contributed by atoms with Crippen LogP contribution in [-0.4, -0.2) is 78.0 Å². The predicted octanol–water partition coefficient (Wildman–Crippen LogP) is 1.50. The average Bonchev–Trinajstić information content (AvgIpc) is 2.74. The van der Waals surface area contributed by atoms with Crippen molar-refractivity contribution in [3.05, 3.63) is 24.4 Å². The highest BCUT2D eigenvalue weighted by atomic mass is 16.2. The molecule has 3 heterocycles. The summed E-state index contributed by atoms with van der Waals surface area (Å²) in [5.41, 5.74) is 0. The van der Waals surface area contributed by atoms with Gasteiger partial charge in [0.2, 0.25) is 11.8 Å². The molecule has 2 saturated heterocycles. The van der Waals surface area contributed by atoms with Crippen LogP contribution in [0.25, 0.3) is 0 Å². The van der Waals surface area contributed by atoms with Crippen molar-refractivity contribution >= 4 is 17.6 Å². The number of carbonyl (C=O) groups is 2. The highest BCUT2D eigenvalue weighted by Gasteiger charge is 2.30. The third-order valence-electron chi connectivity index (χ3n) is 5.75. The standard InChI is InChI=1S/C21H33N5O2/c1-17(2)26-12-6-4-7-18(26)21(28)23-11-9-20(27)25-15-13-24(14-16-25)19-8-3-5-10-22-19/h3,5,8,10,17-18H,4,6-7,9,11-16H2,1-2H3,(H,23,28). The fourth-order valence-electron chi connectivity index (χ4n) is 4.15. The predicted molar refractivity (Wildman–Crippen MR) is 110 cm³/mol. The molecule has 0 radical (unpaired) electrons. The van der Waals surface area contributed by atoms with Crippen molar-refractivity contribution in [2.24, 2.45) is 0 Å². The summed E-state index contributed by atoms with van der Waals surface area (Å²) in [6, 6.07) is 6.21. The van der Waals surface area contributed by atoms with Crippen LogP contribution in [0.15, 0.2) is 24.4 Å². The van der Waals surface area contributed by atoms with Crippen LogP contribution in [0.5, 0.6) is 0 Å². The van der Waals surface area contributed by atoms with Gasteiger partial charge >= 0.3 is 0 Å². The van der Waals surface area contributed by atoms with E-state index in [1.165, 1.54) is 0 Å². The smallest absolute Gasteiger partial charge is 0.237 e. The van der Waals surface area contributed by atoms with Crippen molar-refractivity contribution in [3.63, 3.8) is 0 Å². The van der Waals surface area contributed by atoms with Crippen molar-refractivity contribution in [2.45, 2.75) is 51.6 Å². The molecule has 3 rings (SSSR count). The maximum atomic E-state index is 12.6. The lowest BCUT2D eigenvalue weighted by Gasteiger charge is -2.37. The van der Waals surface area contributed by atoms with Gasteiger partial charge < -0.3 is 15.1 Å². The van der Waals surface area contributed by atoms with E-state index in [0.717, 1.165) is 44.7 Å². The van der Waals surface area contributed by atoms with E-state index in [-0.39, 0.29) is 17.9 Å². The molecule has 2 fully saturated rings. The lowest BCUT2D eigenvalue weighted by Crippen LogP contribution is -2.53. The Hall–Kier alpha value is -2.15. The van der Waals surface area contributed by atoms with E-state index in [2.05, 4.69) is 33.9 Å². The molecule has 7 nitrogen and oxygen atoms in total. The number of nitrogens with zero attached hydrogens (tertiary/aromatic N) is 4. The van der Waals surface area contributed by atoms with Crippen molar-refractivity contribution in [1.29, 1.82) is 0 Å². The molecule has 7 heteroatoms. The van der Waals surface area contributed by atoms with Crippen LogP contribution in [0.1, 0.15) is 39.5 Å². The Kier molecular flexibility index (Phi) is 7.25. The van der Waals surface area contributed by atoms with Crippen molar-refractivity contribution < 1.29 is 9.59 Å². The fraction of sp³-hybridized carbons (Fsp3) is 0.667. The minimum atomic E-state index is -0.0502. The summed E-state index contributed by atoms with van der Waals surface area (Å²) in [4.78, 5) is 35.8. The first-order chi connectivity index (χ1) is 13.6. The highest BCUT2D eigenvalue weighted by Crippen LogP contribution is 2.19. The molecule has 28 heavy (non-hydrogen) atoms. The molecule has 1 N–H and O–H groups in total. The van der Waals surface area contributed by atoms with Gasteiger partial charge in [-0.3, -0.25) is 14.5 Å². The van der Waals surface area contributed by atoms with Crippen LogP contribution < -0.4 is 10.2 Å². The monoisotopic (exact) mass is 387 g/mol. The number of hydrogen-bond acceptors (Lipinski definition) is 5. The van der Waals surface area contributed by atoms with Crippen LogP contribution in [0.3, 0.4) is 0 Å². The van der Waals surface area contributed by atoms with Gasteiger partial charge in [0.05, 0.1) is 6.04 Å². The van der Waals surface area contributed by atoms with Crippen LogP contribution in [0, 0.1) is 0 Å². The Morgan fingerprint density at radius 1 is 1.14 bits per heavy atom. The topological polar surface area (TPSA) is 68.8 Å². The molecule has 154 valence electrons. The number of hydrogen-bond donors (Lipinski definition) is 1. The van der Waals surface area contributed by atoms with Crippen molar-refractivity contribution in [3.8, 4) is 0 Å². The summed E-state index contributed by atoms with van der Waals surface area (Å²) in [6.45, 7) is 8.66. The summed E-state index contributed by atoms with van der Waals surface area (Å²) in [5.74, 6) is 1.15. The minimum absolute atomic E-state index is 0.0502. The lowest BCUT2D eigenvalue weighted by atomic mass is 9.99. The zero-order valence-electron chi connectivity index (χ0n) is 17.1. The first kappa shape index (κ1) is 20.6. The molecule has 0 bridgehead atoms. The summed E-state index contributed by atoms with van der Waals surface area (Å²) >= 11 is 0. The molecule has 0 saturated carbocycles. The minimum Gasteiger partial charge on any atom is -0.354 e. The zero-order chi connectivity index (χ0) is 19.9. The number of rotatable bonds is 6. The largest absolute Gasteiger partial charge is 0.354 e. The Morgan fingerprint density at radius 3 is 2.61 bits per heavy atom. The molecule has 2 aliphatic heterocycles. The Morgan fingerprint density at radius 2 is 1.93 bits per heavy atom. The van der Waals surface area contributed by atoms with Crippen molar-refractivity contribution in [1.82, 2.24) is 20.1 Å². The first-order valence-electron chi connectivity index (χ1n) is 10.5. The fourth-order valence-corrected chi connectivity index (χ4v) is 4.15. The molecule has 0 spiro atoms. The highest BCUT2D eigenvalue weighted by molar-refractivity contribution is 5.83. The maximum Gasteiger partial charge on any atom is 0.237 e. The van der Waals surface area contributed by atoms with Gasteiger partial charge in [0, 0.05) is 51.4 Å². The van der Waals surface area contributed by atoms with Crippen LogP contribution >= 0.6 is 0 Å². The summed E-state index contributed by atoms with van der Waals surface area (Å²) < 4.78 is 0. The molecule has 1 atom stereocenters. The number of pyridine rings is 1. The van der Waals surface area contributed by atoms with Gasteiger partial charge in [-0.1, -0.05) is 12.5 Å². The molecular formula is C21H33N5O2. The average molecular weight is 388 g/mol. The molecule has 1 aromatic heterocycles. The molecule has 2 amide bonds. The Balaban J connectivity index is 1.39. The van der Waals surface area contributed by atoms with Gasteiger partial charge in [-0.25, -0.2) is 4.98 Å². The maximum absolute atomic E-state index is 12.6. The number of piperazine rings is 1. The summed E-state index contributed by atoms with van der Waals surface area (Å²) in [7, 11) is 0. The van der Waals surface area contributed by atoms with Crippen LogP contribution in [0.4, 0.5) is 5.82 Å². The second-order valence-electron chi connectivity index (χ2n) is 7.94. The third-order valence-corrected chi connectivity index (χ3v) is 5.75. The molecular weight excluding hydrogens is 354 g/mol. The number of anilines is 1. The molecule has 2 aliphatic rings. The Labute approximate surface area is 168 Å². The van der Waals surface area contributed by atoms with Crippen LogP contribution in [0.2, 0.25) is 0 Å². The van der Waals surface area contributed by atoms with E-state index in [9.17, 15) is 9.59 Å². The molecule has 0 aromatic carbocycles. The van der Waals surface area contributed by atoms with Crippen LogP contribution in [-0.2, 0) is 9.59 Å². The van der Waals surface area contributed by atoms with Gasteiger partial charge in [-0.2, -0.15) is 0 Å². The normalized spacial score (nSPS) is 21.0.